The fourth-order valence-electron chi connectivity index (χ4n) is 3.93. The Kier molecular flexibility index (Phi) is 8.83. The van der Waals surface area contributed by atoms with Crippen molar-refractivity contribution in [2.24, 2.45) is 0 Å². The minimum Gasteiger partial charge on any atom is -0.484 e. The van der Waals surface area contributed by atoms with Gasteiger partial charge in [0, 0.05) is 12.6 Å². The van der Waals surface area contributed by atoms with Crippen molar-refractivity contribution in [3.05, 3.63) is 63.6 Å². The Morgan fingerprint density at radius 1 is 1.09 bits per heavy atom. The minimum absolute atomic E-state index is 0.152. The summed E-state index contributed by atoms with van der Waals surface area (Å²) in [7, 11) is 0. The Labute approximate surface area is 200 Å². The molecule has 0 spiro atoms. The number of benzene rings is 2. The summed E-state index contributed by atoms with van der Waals surface area (Å²) < 4.78 is 5.77. The number of rotatable bonds is 8. The highest BCUT2D eigenvalue weighted by molar-refractivity contribution is 6.42. The zero-order chi connectivity index (χ0) is 23.1. The van der Waals surface area contributed by atoms with Crippen LogP contribution in [-0.4, -0.2) is 35.4 Å². The maximum absolute atomic E-state index is 13.2. The van der Waals surface area contributed by atoms with E-state index in [0.717, 1.165) is 36.8 Å². The zero-order valence-corrected chi connectivity index (χ0v) is 20.1. The number of para-hydroxylation sites is 1. The quantitative estimate of drug-likeness (QED) is 0.543. The van der Waals surface area contributed by atoms with E-state index in [2.05, 4.69) is 5.32 Å². The lowest BCUT2D eigenvalue weighted by Crippen LogP contribution is -2.51. The first-order valence-corrected chi connectivity index (χ1v) is 11.8. The first-order valence-electron chi connectivity index (χ1n) is 11.1. The Morgan fingerprint density at radius 3 is 2.50 bits per heavy atom. The molecule has 0 bridgehead atoms. The fourth-order valence-corrected chi connectivity index (χ4v) is 4.25. The van der Waals surface area contributed by atoms with Crippen LogP contribution in [0.4, 0.5) is 0 Å². The van der Waals surface area contributed by atoms with Gasteiger partial charge in [0.25, 0.3) is 5.91 Å². The number of ether oxygens (including phenoxy) is 1. The summed E-state index contributed by atoms with van der Waals surface area (Å²) in [5.74, 6) is 0.224. The summed E-state index contributed by atoms with van der Waals surface area (Å²) in [5.41, 5.74) is 1.74. The average molecular weight is 477 g/mol. The van der Waals surface area contributed by atoms with Crippen molar-refractivity contribution in [1.29, 1.82) is 0 Å². The summed E-state index contributed by atoms with van der Waals surface area (Å²) in [6, 6.07) is 12.3. The highest BCUT2D eigenvalue weighted by Gasteiger charge is 2.28. The predicted octanol–water partition coefficient (Wildman–Crippen LogP) is 5.55. The molecule has 1 fully saturated rings. The molecule has 32 heavy (non-hydrogen) atoms. The largest absolute Gasteiger partial charge is 0.484 e. The number of carbonyl (C=O) groups excluding carboxylic acids is 2. The van der Waals surface area contributed by atoms with Crippen molar-refractivity contribution in [1.82, 2.24) is 10.2 Å². The van der Waals surface area contributed by atoms with Gasteiger partial charge in [0.2, 0.25) is 5.91 Å². The molecule has 5 nitrogen and oxygen atoms in total. The Morgan fingerprint density at radius 2 is 1.81 bits per heavy atom. The van der Waals surface area contributed by atoms with Gasteiger partial charge in [-0.3, -0.25) is 9.59 Å². The molecule has 172 valence electrons. The molecule has 1 aliphatic carbocycles. The van der Waals surface area contributed by atoms with Gasteiger partial charge < -0.3 is 15.0 Å². The van der Waals surface area contributed by atoms with E-state index < -0.39 is 6.04 Å². The van der Waals surface area contributed by atoms with Crippen molar-refractivity contribution in [2.75, 3.05) is 6.61 Å². The van der Waals surface area contributed by atoms with Crippen molar-refractivity contribution in [3.8, 4) is 5.75 Å². The van der Waals surface area contributed by atoms with Crippen LogP contribution < -0.4 is 10.1 Å². The van der Waals surface area contributed by atoms with Gasteiger partial charge in [-0.05, 0) is 56.0 Å². The van der Waals surface area contributed by atoms with Crippen LogP contribution in [0.15, 0.2) is 42.5 Å². The molecule has 2 amide bonds. The summed E-state index contributed by atoms with van der Waals surface area (Å²) in [4.78, 5) is 27.7. The first kappa shape index (κ1) is 24.4. The molecule has 0 aliphatic heterocycles. The molecule has 0 aromatic heterocycles. The molecule has 7 heteroatoms. The number of aryl methyl sites for hydroxylation is 1. The normalized spacial score (nSPS) is 15.1. The van der Waals surface area contributed by atoms with Crippen LogP contribution >= 0.6 is 23.2 Å². The number of hydrogen-bond acceptors (Lipinski definition) is 3. The van der Waals surface area contributed by atoms with Crippen molar-refractivity contribution in [3.63, 3.8) is 0 Å². The van der Waals surface area contributed by atoms with Crippen LogP contribution in [0.1, 0.15) is 50.2 Å². The van der Waals surface area contributed by atoms with Gasteiger partial charge >= 0.3 is 0 Å². The van der Waals surface area contributed by atoms with E-state index in [0.29, 0.717) is 15.8 Å². The topological polar surface area (TPSA) is 58.6 Å². The number of hydrogen-bond donors (Lipinski definition) is 1. The molecular formula is C25H30Cl2N2O3. The Hall–Kier alpha value is -2.24. The molecular weight excluding hydrogens is 447 g/mol. The molecule has 1 N–H and O–H groups in total. The highest BCUT2D eigenvalue weighted by Crippen LogP contribution is 2.24. The third-order valence-electron chi connectivity index (χ3n) is 5.90. The van der Waals surface area contributed by atoms with E-state index in [4.69, 9.17) is 27.9 Å². The lowest BCUT2D eigenvalue weighted by molar-refractivity contribution is -0.142. The lowest BCUT2D eigenvalue weighted by Gasteiger charge is -2.31. The highest BCUT2D eigenvalue weighted by atomic mass is 35.5. The second kappa shape index (κ2) is 11.6. The molecule has 2 aromatic rings. The smallest absolute Gasteiger partial charge is 0.261 e. The molecule has 2 aromatic carbocycles. The molecule has 3 rings (SSSR count). The summed E-state index contributed by atoms with van der Waals surface area (Å²) in [5, 5.41) is 3.98. The molecule has 0 unspecified atom stereocenters. The average Bonchev–Trinajstić information content (AvgIpc) is 2.79. The van der Waals surface area contributed by atoms with Crippen LogP contribution in [-0.2, 0) is 16.1 Å². The second-order valence-electron chi connectivity index (χ2n) is 8.34. The minimum atomic E-state index is -0.653. The van der Waals surface area contributed by atoms with Gasteiger partial charge in [0.05, 0.1) is 10.0 Å². The predicted molar refractivity (Wildman–Crippen MR) is 128 cm³/mol. The molecule has 0 radical (unpaired) electrons. The maximum Gasteiger partial charge on any atom is 0.261 e. The van der Waals surface area contributed by atoms with Gasteiger partial charge in [-0.25, -0.2) is 0 Å². The third kappa shape index (κ3) is 6.63. The monoisotopic (exact) mass is 476 g/mol. The zero-order valence-electron chi connectivity index (χ0n) is 18.6. The van der Waals surface area contributed by atoms with Crippen LogP contribution in [0.3, 0.4) is 0 Å². The number of amides is 2. The molecule has 0 heterocycles. The standard InChI is InChI=1S/C25H30Cl2N2O3/c1-17-8-6-7-11-23(17)32-16-24(30)29(15-19-12-13-21(26)22(27)14-19)18(2)25(31)28-20-9-4-3-5-10-20/h6-8,11-14,18,20H,3-5,9-10,15-16H2,1-2H3,(H,28,31)/t18-/m0/s1. The van der Waals surface area contributed by atoms with Crippen molar-refractivity contribution < 1.29 is 14.3 Å². The van der Waals surface area contributed by atoms with Crippen molar-refractivity contribution in [2.45, 2.75) is 64.6 Å². The van der Waals surface area contributed by atoms with E-state index in [1.807, 2.05) is 37.3 Å². The van der Waals surface area contributed by atoms with E-state index in [-0.39, 0.29) is 31.0 Å². The van der Waals surface area contributed by atoms with Crippen molar-refractivity contribution >= 4 is 35.0 Å². The lowest BCUT2D eigenvalue weighted by atomic mass is 9.95. The number of halogens is 2. The van der Waals surface area contributed by atoms with Gasteiger partial charge in [-0.1, -0.05) is 66.7 Å². The molecule has 0 saturated heterocycles. The summed E-state index contributed by atoms with van der Waals surface area (Å²) in [6.07, 6.45) is 5.41. The van der Waals surface area contributed by atoms with Crippen LogP contribution in [0.2, 0.25) is 10.0 Å². The van der Waals surface area contributed by atoms with Crippen LogP contribution in [0.25, 0.3) is 0 Å². The van der Waals surface area contributed by atoms with E-state index in [9.17, 15) is 9.59 Å². The molecule has 1 atom stereocenters. The van der Waals surface area contributed by atoms with Gasteiger partial charge in [0.1, 0.15) is 11.8 Å². The maximum atomic E-state index is 13.2. The van der Waals surface area contributed by atoms with E-state index in [1.165, 1.54) is 11.3 Å². The second-order valence-corrected chi connectivity index (χ2v) is 9.16. The summed E-state index contributed by atoms with van der Waals surface area (Å²) >= 11 is 12.2. The Bertz CT molecular complexity index is 945. The van der Waals surface area contributed by atoms with E-state index in [1.54, 1.807) is 19.1 Å². The summed E-state index contributed by atoms with van der Waals surface area (Å²) in [6.45, 7) is 3.74. The fraction of sp³-hybridized carbons (Fsp3) is 0.440. The van der Waals surface area contributed by atoms with Crippen LogP contribution in [0, 0.1) is 6.92 Å². The molecule has 1 aliphatic rings. The number of carbonyl (C=O) groups is 2. The molecule has 1 saturated carbocycles. The Balaban J connectivity index is 1.74. The van der Waals surface area contributed by atoms with Gasteiger partial charge in [-0.2, -0.15) is 0 Å². The van der Waals surface area contributed by atoms with Gasteiger partial charge in [0.15, 0.2) is 6.61 Å². The third-order valence-corrected chi connectivity index (χ3v) is 6.64. The number of nitrogens with one attached hydrogen (secondary N) is 1. The first-order chi connectivity index (χ1) is 15.3. The van der Waals surface area contributed by atoms with E-state index >= 15 is 0 Å². The number of nitrogens with zero attached hydrogens (tertiary/aromatic N) is 1. The van der Waals surface area contributed by atoms with Crippen LogP contribution in [0.5, 0.6) is 5.75 Å². The van der Waals surface area contributed by atoms with Gasteiger partial charge in [-0.15, -0.1) is 0 Å². The SMILES string of the molecule is Cc1ccccc1OCC(=O)N(Cc1ccc(Cl)c(Cl)c1)[C@@H](C)C(=O)NC1CCCCC1.